The van der Waals surface area contributed by atoms with Crippen LogP contribution in [0.2, 0.25) is 0 Å². The fraction of sp³-hybridized carbons (Fsp3) is 0.692. The molecule has 1 aliphatic heterocycles. The highest BCUT2D eigenvalue weighted by molar-refractivity contribution is 7.11. The lowest BCUT2D eigenvalue weighted by Gasteiger charge is -2.29. The maximum absolute atomic E-state index is 3.60. The molecule has 2 heterocycles. The first kappa shape index (κ1) is 12.1. The predicted molar refractivity (Wildman–Crippen MR) is 71.0 cm³/mol. The van der Waals surface area contributed by atoms with Crippen molar-refractivity contribution in [2.75, 3.05) is 19.6 Å². The van der Waals surface area contributed by atoms with E-state index in [2.05, 4.69) is 43.1 Å². The van der Waals surface area contributed by atoms with E-state index in [0.717, 1.165) is 19.6 Å². The van der Waals surface area contributed by atoms with E-state index < -0.39 is 0 Å². The molecule has 1 aromatic heterocycles. The van der Waals surface area contributed by atoms with Gasteiger partial charge in [-0.3, -0.25) is 4.90 Å². The molecular weight excluding hydrogens is 216 g/mol. The molecule has 0 aliphatic carbocycles. The van der Waals surface area contributed by atoms with Crippen LogP contribution < -0.4 is 5.32 Å². The van der Waals surface area contributed by atoms with Gasteiger partial charge in [-0.25, -0.2) is 0 Å². The zero-order valence-corrected chi connectivity index (χ0v) is 11.4. The van der Waals surface area contributed by atoms with E-state index >= 15 is 0 Å². The Morgan fingerprint density at radius 1 is 1.44 bits per heavy atom. The van der Waals surface area contributed by atoms with Crippen LogP contribution in [0.25, 0.3) is 0 Å². The van der Waals surface area contributed by atoms with E-state index in [1.807, 2.05) is 11.3 Å². The summed E-state index contributed by atoms with van der Waals surface area (Å²) >= 11 is 1.93. The van der Waals surface area contributed by atoms with Crippen molar-refractivity contribution in [3.8, 4) is 0 Å². The van der Waals surface area contributed by atoms with Crippen LogP contribution in [0, 0.1) is 6.92 Å². The van der Waals surface area contributed by atoms with Crippen LogP contribution in [0.15, 0.2) is 12.1 Å². The quantitative estimate of drug-likeness (QED) is 0.852. The Balaban J connectivity index is 1.98. The van der Waals surface area contributed by atoms with Crippen molar-refractivity contribution in [1.29, 1.82) is 0 Å². The molecule has 0 aromatic carbocycles. The zero-order valence-electron chi connectivity index (χ0n) is 10.5. The van der Waals surface area contributed by atoms with Crippen LogP contribution in [0.4, 0.5) is 0 Å². The Hall–Kier alpha value is -0.380. The first-order valence-electron chi connectivity index (χ1n) is 6.08. The summed E-state index contributed by atoms with van der Waals surface area (Å²) in [5.41, 5.74) is 0.253. The third-order valence-corrected chi connectivity index (χ3v) is 4.03. The standard InChI is InChI=1S/C13H22N2S/c1-11-5-6-12(16-11)9-15-8-4-7-14-13(2,3)10-15/h5-6,14H,4,7-10H2,1-3H3. The lowest BCUT2D eigenvalue weighted by atomic mass is 10.1. The summed E-state index contributed by atoms with van der Waals surface area (Å²) in [6.45, 7) is 11.4. The van der Waals surface area contributed by atoms with E-state index in [4.69, 9.17) is 0 Å². The molecule has 2 nitrogen and oxygen atoms in total. The van der Waals surface area contributed by atoms with E-state index in [9.17, 15) is 0 Å². The predicted octanol–water partition coefficient (Wildman–Crippen LogP) is 2.63. The Morgan fingerprint density at radius 2 is 2.25 bits per heavy atom. The molecule has 0 unspecified atom stereocenters. The molecule has 0 spiro atoms. The van der Waals surface area contributed by atoms with E-state index in [-0.39, 0.29) is 5.54 Å². The minimum atomic E-state index is 0.253. The van der Waals surface area contributed by atoms with E-state index in [1.54, 1.807) is 0 Å². The second-order valence-electron chi connectivity index (χ2n) is 5.39. The number of hydrogen-bond acceptors (Lipinski definition) is 3. The highest BCUT2D eigenvalue weighted by Gasteiger charge is 2.23. The molecule has 0 atom stereocenters. The van der Waals surface area contributed by atoms with Crippen LogP contribution in [-0.4, -0.2) is 30.1 Å². The minimum Gasteiger partial charge on any atom is -0.310 e. The monoisotopic (exact) mass is 238 g/mol. The highest BCUT2D eigenvalue weighted by atomic mass is 32.1. The SMILES string of the molecule is Cc1ccc(CN2CCCNC(C)(C)C2)s1. The normalized spacial score (nSPS) is 21.9. The first-order chi connectivity index (χ1) is 7.55. The number of hydrogen-bond donors (Lipinski definition) is 1. The number of nitrogens with zero attached hydrogens (tertiary/aromatic N) is 1. The number of rotatable bonds is 2. The van der Waals surface area contributed by atoms with Crippen molar-refractivity contribution < 1.29 is 0 Å². The van der Waals surface area contributed by atoms with Gasteiger partial charge in [-0.15, -0.1) is 11.3 Å². The van der Waals surface area contributed by atoms with Gasteiger partial charge in [-0.1, -0.05) is 0 Å². The molecule has 90 valence electrons. The molecule has 0 bridgehead atoms. The maximum Gasteiger partial charge on any atom is 0.0328 e. The van der Waals surface area contributed by atoms with Gasteiger partial charge in [0, 0.05) is 28.4 Å². The van der Waals surface area contributed by atoms with Gasteiger partial charge < -0.3 is 5.32 Å². The largest absolute Gasteiger partial charge is 0.310 e. The number of aryl methyl sites for hydroxylation is 1. The molecule has 1 fully saturated rings. The van der Waals surface area contributed by atoms with Crippen molar-refractivity contribution >= 4 is 11.3 Å². The van der Waals surface area contributed by atoms with Crippen molar-refractivity contribution in [3.63, 3.8) is 0 Å². The molecule has 0 radical (unpaired) electrons. The summed E-state index contributed by atoms with van der Waals surface area (Å²) in [5, 5.41) is 3.60. The molecule has 1 saturated heterocycles. The lowest BCUT2D eigenvalue weighted by molar-refractivity contribution is 0.225. The average molecular weight is 238 g/mol. The van der Waals surface area contributed by atoms with E-state index in [0.29, 0.717) is 0 Å². The average Bonchev–Trinajstić information content (AvgIpc) is 2.49. The second-order valence-corrected chi connectivity index (χ2v) is 6.76. The maximum atomic E-state index is 3.60. The fourth-order valence-electron chi connectivity index (χ4n) is 2.35. The van der Waals surface area contributed by atoms with Crippen LogP contribution in [0.3, 0.4) is 0 Å². The van der Waals surface area contributed by atoms with Crippen molar-refractivity contribution in [1.82, 2.24) is 10.2 Å². The Kier molecular flexibility index (Phi) is 3.67. The summed E-state index contributed by atoms with van der Waals surface area (Å²) in [5.74, 6) is 0. The van der Waals surface area contributed by atoms with Crippen LogP contribution in [0.5, 0.6) is 0 Å². The van der Waals surface area contributed by atoms with Crippen molar-refractivity contribution in [2.24, 2.45) is 0 Å². The summed E-state index contributed by atoms with van der Waals surface area (Å²) in [7, 11) is 0. The molecule has 16 heavy (non-hydrogen) atoms. The van der Waals surface area contributed by atoms with Crippen molar-refractivity contribution in [2.45, 2.75) is 39.3 Å². The zero-order chi connectivity index (χ0) is 11.6. The number of nitrogens with one attached hydrogen (secondary N) is 1. The molecule has 1 aliphatic rings. The van der Waals surface area contributed by atoms with Crippen LogP contribution in [-0.2, 0) is 6.54 Å². The summed E-state index contributed by atoms with van der Waals surface area (Å²) in [6.07, 6.45) is 1.26. The summed E-state index contributed by atoms with van der Waals surface area (Å²) in [6, 6.07) is 4.49. The van der Waals surface area contributed by atoms with Crippen molar-refractivity contribution in [3.05, 3.63) is 21.9 Å². The van der Waals surface area contributed by atoms with Crippen LogP contribution in [0.1, 0.15) is 30.0 Å². The van der Waals surface area contributed by atoms with Crippen LogP contribution >= 0.6 is 11.3 Å². The molecule has 0 amide bonds. The smallest absolute Gasteiger partial charge is 0.0328 e. The summed E-state index contributed by atoms with van der Waals surface area (Å²) < 4.78 is 0. The lowest BCUT2D eigenvalue weighted by Crippen LogP contribution is -2.46. The summed E-state index contributed by atoms with van der Waals surface area (Å²) in [4.78, 5) is 5.49. The Bertz CT molecular complexity index is 343. The van der Waals surface area contributed by atoms with Gasteiger partial charge in [-0.2, -0.15) is 0 Å². The third-order valence-electron chi connectivity index (χ3n) is 3.05. The first-order valence-corrected chi connectivity index (χ1v) is 6.89. The van der Waals surface area contributed by atoms with Gasteiger partial charge in [0.25, 0.3) is 0 Å². The van der Waals surface area contributed by atoms with Gasteiger partial charge in [0.15, 0.2) is 0 Å². The van der Waals surface area contributed by atoms with Gasteiger partial charge >= 0.3 is 0 Å². The van der Waals surface area contributed by atoms with Gasteiger partial charge in [0.2, 0.25) is 0 Å². The highest BCUT2D eigenvalue weighted by Crippen LogP contribution is 2.19. The Morgan fingerprint density at radius 3 is 2.94 bits per heavy atom. The third kappa shape index (κ3) is 3.30. The second kappa shape index (κ2) is 4.86. The molecule has 2 rings (SSSR count). The molecule has 0 saturated carbocycles. The van der Waals surface area contributed by atoms with Gasteiger partial charge in [0.05, 0.1) is 0 Å². The van der Waals surface area contributed by atoms with Gasteiger partial charge in [0.1, 0.15) is 0 Å². The topological polar surface area (TPSA) is 15.3 Å². The fourth-order valence-corrected chi connectivity index (χ4v) is 3.28. The minimum absolute atomic E-state index is 0.253. The number of thiophene rings is 1. The van der Waals surface area contributed by atoms with Gasteiger partial charge in [-0.05, 0) is 52.4 Å². The van der Waals surface area contributed by atoms with E-state index in [1.165, 1.54) is 22.7 Å². The molecular formula is C13H22N2S. The molecule has 3 heteroatoms. The Labute approximate surface area is 103 Å². The molecule has 1 aromatic rings. The molecule has 1 N–H and O–H groups in total.